The molecule has 2 bridgehead atoms. The molecule has 5 rings (SSSR count). The minimum absolute atomic E-state index is 0.0890. The van der Waals surface area contributed by atoms with Crippen LogP contribution in [0.3, 0.4) is 0 Å². The maximum Gasteiger partial charge on any atom is 0.281 e. The van der Waals surface area contributed by atoms with Crippen LogP contribution in [0, 0.1) is 5.92 Å². The third kappa shape index (κ3) is 2.68. The zero-order valence-corrected chi connectivity index (χ0v) is 15.9. The molecule has 0 saturated carbocycles. The molecule has 3 atom stereocenters. The lowest BCUT2D eigenvalue weighted by Crippen LogP contribution is -2.61. The predicted octanol–water partition coefficient (Wildman–Crippen LogP) is 1.36. The van der Waals surface area contributed by atoms with E-state index in [4.69, 9.17) is 4.74 Å². The fraction of sp³-hybridized carbons (Fsp3) is 0.667. The molecule has 4 fully saturated rings. The lowest BCUT2D eigenvalue weighted by atomic mass is 9.75. The Kier molecular flexibility index (Phi) is 4.30. The highest BCUT2D eigenvalue weighted by Crippen LogP contribution is 2.48. The number of hydrogen-bond acceptors (Lipinski definition) is 4. The summed E-state index contributed by atoms with van der Waals surface area (Å²) < 4.78 is 34.5. The van der Waals surface area contributed by atoms with Crippen LogP contribution in [-0.4, -0.2) is 74.9 Å². The van der Waals surface area contributed by atoms with Crippen molar-refractivity contribution >= 4 is 10.2 Å². The summed E-state index contributed by atoms with van der Waals surface area (Å²) in [4.78, 5) is 2.51. The van der Waals surface area contributed by atoms with E-state index in [9.17, 15) is 8.42 Å². The van der Waals surface area contributed by atoms with Crippen molar-refractivity contribution in [2.75, 3.05) is 40.8 Å². The average molecular weight is 365 g/mol. The number of benzene rings is 1. The molecule has 0 radical (unpaired) electrons. The van der Waals surface area contributed by atoms with Crippen LogP contribution >= 0.6 is 0 Å². The van der Waals surface area contributed by atoms with Gasteiger partial charge >= 0.3 is 0 Å². The molecule has 4 saturated heterocycles. The smallest absolute Gasteiger partial charge is 0.281 e. The van der Waals surface area contributed by atoms with Crippen molar-refractivity contribution in [3.63, 3.8) is 0 Å². The maximum absolute atomic E-state index is 13.0. The molecule has 4 aliphatic heterocycles. The van der Waals surface area contributed by atoms with Gasteiger partial charge < -0.3 is 4.74 Å². The highest BCUT2D eigenvalue weighted by molar-refractivity contribution is 7.86. The minimum atomic E-state index is -3.42. The van der Waals surface area contributed by atoms with Gasteiger partial charge in [0.05, 0.1) is 7.11 Å². The zero-order valence-electron chi connectivity index (χ0n) is 15.1. The van der Waals surface area contributed by atoms with E-state index in [-0.39, 0.29) is 18.0 Å². The zero-order chi connectivity index (χ0) is 17.8. The normalized spacial score (nSPS) is 35.1. The lowest BCUT2D eigenvalue weighted by Gasteiger charge is -2.51. The molecule has 0 N–H and O–H groups in total. The molecule has 0 unspecified atom stereocenters. The number of rotatable bonds is 4. The van der Waals surface area contributed by atoms with E-state index in [0.29, 0.717) is 12.5 Å². The van der Waals surface area contributed by atoms with Crippen molar-refractivity contribution in [1.29, 1.82) is 0 Å². The third-order valence-electron chi connectivity index (χ3n) is 6.23. The van der Waals surface area contributed by atoms with Crippen molar-refractivity contribution < 1.29 is 13.2 Å². The summed E-state index contributed by atoms with van der Waals surface area (Å²) >= 11 is 0. The molecular weight excluding hydrogens is 338 g/mol. The molecule has 0 aromatic heterocycles. The lowest BCUT2D eigenvalue weighted by molar-refractivity contribution is 0.0114. The summed E-state index contributed by atoms with van der Waals surface area (Å²) in [5.41, 5.74) is 1.18. The molecule has 6 nitrogen and oxygen atoms in total. The van der Waals surface area contributed by atoms with Gasteiger partial charge in [0.2, 0.25) is 0 Å². The molecular formula is C18H27N3O3S. The Labute approximate surface area is 150 Å². The number of hydrogen-bond donors (Lipinski definition) is 0. The number of piperidine rings is 3. The quantitative estimate of drug-likeness (QED) is 0.809. The van der Waals surface area contributed by atoms with Crippen molar-refractivity contribution in [3.05, 3.63) is 29.8 Å². The second kappa shape index (κ2) is 6.23. The van der Waals surface area contributed by atoms with Crippen molar-refractivity contribution in [3.8, 4) is 5.75 Å². The average Bonchev–Trinajstić information content (AvgIpc) is 3.06. The van der Waals surface area contributed by atoms with Crippen LogP contribution in [0.2, 0.25) is 0 Å². The molecule has 25 heavy (non-hydrogen) atoms. The second-order valence-electron chi connectivity index (χ2n) is 7.60. The van der Waals surface area contributed by atoms with Crippen molar-refractivity contribution in [2.45, 2.75) is 30.8 Å². The van der Waals surface area contributed by atoms with Gasteiger partial charge in [-0.1, -0.05) is 12.1 Å². The van der Waals surface area contributed by atoms with Gasteiger partial charge in [0, 0.05) is 38.6 Å². The van der Waals surface area contributed by atoms with Gasteiger partial charge in [-0.15, -0.1) is 0 Å². The number of fused-ring (bicyclic) bond motifs is 2. The van der Waals surface area contributed by atoms with E-state index in [1.807, 2.05) is 12.1 Å². The number of nitrogens with zero attached hydrogens (tertiary/aromatic N) is 3. The first-order valence-corrected chi connectivity index (χ1v) is 10.4. The maximum atomic E-state index is 13.0. The molecule has 4 aliphatic rings. The third-order valence-corrected chi connectivity index (χ3v) is 8.14. The minimum Gasteiger partial charge on any atom is -0.497 e. The van der Waals surface area contributed by atoms with Crippen LogP contribution in [0.25, 0.3) is 0 Å². The molecule has 1 aromatic rings. The summed E-state index contributed by atoms with van der Waals surface area (Å²) in [5, 5.41) is 0. The van der Waals surface area contributed by atoms with Crippen molar-refractivity contribution in [1.82, 2.24) is 13.5 Å². The van der Waals surface area contributed by atoms with Gasteiger partial charge in [0.15, 0.2) is 0 Å². The van der Waals surface area contributed by atoms with Crippen LogP contribution in [0.4, 0.5) is 0 Å². The molecule has 0 aliphatic carbocycles. The first-order chi connectivity index (χ1) is 11.9. The van der Waals surface area contributed by atoms with Gasteiger partial charge in [-0.3, -0.25) is 4.90 Å². The van der Waals surface area contributed by atoms with Crippen LogP contribution in [0.1, 0.15) is 24.3 Å². The molecule has 138 valence electrons. The molecule has 4 heterocycles. The fourth-order valence-electron chi connectivity index (χ4n) is 5.01. The predicted molar refractivity (Wildman–Crippen MR) is 96.9 cm³/mol. The Balaban J connectivity index is 1.76. The SMILES string of the molecule is COc1cccc([C@H]2CN(S(=O)(=O)N(C)C)[C@H]3C4CCN(CC4)[C@@H]23)c1. The van der Waals surface area contributed by atoms with E-state index < -0.39 is 10.2 Å². The van der Waals surface area contributed by atoms with Crippen molar-refractivity contribution in [2.24, 2.45) is 5.92 Å². The Hall–Kier alpha value is -1.15. The summed E-state index contributed by atoms with van der Waals surface area (Å²) in [6.07, 6.45) is 2.21. The topological polar surface area (TPSA) is 53.1 Å². The van der Waals surface area contributed by atoms with Gasteiger partial charge in [-0.2, -0.15) is 17.0 Å². The number of methoxy groups -OCH3 is 1. The summed E-state index contributed by atoms with van der Waals surface area (Å²) in [5.74, 6) is 1.50. The highest BCUT2D eigenvalue weighted by atomic mass is 32.2. The van der Waals surface area contributed by atoms with E-state index in [2.05, 4.69) is 17.0 Å². The second-order valence-corrected chi connectivity index (χ2v) is 9.69. The standard InChI is InChI=1S/C18H27N3O3S/c1-19(2)25(22,23)21-12-16(14-5-4-6-15(11-14)24-3)18-17(21)13-7-9-20(18)10-8-13/h4-6,11,13,16-18H,7-10,12H2,1-3H3/t16-,17+,18+/m1/s1. The van der Waals surface area contributed by atoms with Gasteiger partial charge in [-0.25, -0.2) is 0 Å². The van der Waals surface area contributed by atoms with E-state index in [0.717, 1.165) is 31.7 Å². The Morgan fingerprint density at radius 3 is 2.52 bits per heavy atom. The van der Waals surface area contributed by atoms with Crippen LogP contribution < -0.4 is 4.74 Å². The van der Waals surface area contributed by atoms with E-state index >= 15 is 0 Å². The van der Waals surface area contributed by atoms with Gasteiger partial charge in [0.25, 0.3) is 10.2 Å². The van der Waals surface area contributed by atoms with E-state index in [1.54, 1.807) is 25.5 Å². The Bertz CT molecular complexity index is 744. The van der Waals surface area contributed by atoms with Crippen LogP contribution in [0.5, 0.6) is 5.75 Å². The molecule has 7 heteroatoms. The summed E-state index contributed by atoms with van der Waals surface area (Å²) in [7, 11) is 1.51. The monoisotopic (exact) mass is 365 g/mol. The molecule has 0 amide bonds. The number of ether oxygens (including phenoxy) is 1. The first kappa shape index (κ1) is 17.3. The molecule has 0 spiro atoms. The van der Waals surface area contributed by atoms with Gasteiger partial charge in [0.1, 0.15) is 5.75 Å². The largest absolute Gasteiger partial charge is 0.497 e. The van der Waals surface area contributed by atoms with Crippen LogP contribution in [-0.2, 0) is 10.2 Å². The van der Waals surface area contributed by atoms with Gasteiger partial charge in [-0.05, 0) is 49.5 Å². The van der Waals surface area contributed by atoms with Crippen LogP contribution in [0.15, 0.2) is 24.3 Å². The summed E-state index contributed by atoms with van der Waals surface area (Å²) in [6, 6.07) is 8.48. The van der Waals surface area contributed by atoms with E-state index in [1.165, 1.54) is 9.87 Å². The highest BCUT2D eigenvalue weighted by Gasteiger charge is 2.56. The first-order valence-electron chi connectivity index (χ1n) is 9.01. The molecule has 1 aromatic carbocycles. The Morgan fingerprint density at radius 2 is 1.88 bits per heavy atom. The fourth-order valence-corrected chi connectivity index (χ4v) is 6.38. The summed E-state index contributed by atoms with van der Waals surface area (Å²) in [6.45, 7) is 2.72. The Morgan fingerprint density at radius 1 is 1.16 bits per heavy atom.